The number of hydrogen-bond acceptors (Lipinski definition) is 3. The van der Waals surface area contributed by atoms with Crippen molar-refractivity contribution in [2.24, 2.45) is 0 Å². The molecular formula is C14H18N2O3. The van der Waals surface area contributed by atoms with E-state index in [2.05, 4.69) is 5.48 Å². The Labute approximate surface area is 112 Å². The van der Waals surface area contributed by atoms with E-state index >= 15 is 0 Å². The molecule has 0 spiro atoms. The van der Waals surface area contributed by atoms with Crippen LogP contribution in [-0.4, -0.2) is 25.5 Å². The van der Waals surface area contributed by atoms with Gasteiger partial charge in [-0.3, -0.25) is 9.74 Å². The smallest absolute Gasteiger partial charge is 0.348 e. The molecule has 1 N–H and O–H groups in total. The van der Waals surface area contributed by atoms with Crippen molar-refractivity contribution in [3.05, 3.63) is 35.9 Å². The number of carbonyl (C=O) groups is 1. The van der Waals surface area contributed by atoms with Crippen LogP contribution < -0.4 is 10.4 Å². The predicted molar refractivity (Wildman–Crippen MR) is 73.5 cm³/mol. The number of anilines is 1. The fourth-order valence-electron chi connectivity index (χ4n) is 1.97. The molecule has 0 radical (unpaired) electrons. The van der Waals surface area contributed by atoms with Gasteiger partial charge in [-0.25, -0.2) is 10.3 Å². The molecule has 1 atom stereocenters. The highest BCUT2D eigenvalue weighted by molar-refractivity contribution is 5.95. The van der Waals surface area contributed by atoms with Gasteiger partial charge in [0.1, 0.15) is 0 Å². The number of fused-ring (bicyclic) bond motifs is 1. The lowest BCUT2D eigenvalue weighted by molar-refractivity contribution is 0.0596. The lowest BCUT2D eigenvalue weighted by Crippen LogP contribution is -2.48. The maximum Gasteiger partial charge on any atom is 0.348 e. The number of hydrogen-bond donors (Lipinski definition) is 1. The molecule has 5 heteroatoms. The highest BCUT2D eigenvalue weighted by Crippen LogP contribution is 2.29. The second-order valence-corrected chi connectivity index (χ2v) is 3.97. The monoisotopic (exact) mass is 262 g/mol. The fraction of sp³-hybridized carbons (Fsp3) is 0.357. The minimum Gasteiger partial charge on any atom is -0.354 e. The molecule has 1 aliphatic rings. The van der Waals surface area contributed by atoms with Crippen LogP contribution in [0.25, 0.3) is 6.08 Å². The Balaban J connectivity index is 2.28. The fourth-order valence-corrected chi connectivity index (χ4v) is 1.97. The van der Waals surface area contributed by atoms with Crippen LogP contribution in [0.5, 0.6) is 0 Å². The van der Waals surface area contributed by atoms with Gasteiger partial charge in [-0.2, -0.15) is 0 Å². The minimum absolute atomic E-state index is 0.336. The summed E-state index contributed by atoms with van der Waals surface area (Å²) in [6, 6.07) is 7.33. The SMILES string of the molecule is CCONC(=O)N1c2ccccc2C=CC1OCC. The van der Waals surface area contributed by atoms with Crippen LogP contribution in [0.2, 0.25) is 0 Å². The van der Waals surface area contributed by atoms with Crippen molar-refractivity contribution < 1.29 is 14.4 Å². The molecule has 0 aliphatic carbocycles. The molecule has 0 fully saturated rings. The lowest BCUT2D eigenvalue weighted by atomic mass is 10.1. The van der Waals surface area contributed by atoms with E-state index in [4.69, 9.17) is 9.57 Å². The van der Waals surface area contributed by atoms with Gasteiger partial charge in [-0.15, -0.1) is 0 Å². The van der Waals surface area contributed by atoms with E-state index in [-0.39, 0.29) is 6.03 Å². The third kappa shape index (κ3) is 2.94. The van der Waals surface area contributed by atoms with E-state index in [1.54, 1.807) is 4.90 Å². The average Bonchev–Trinajstić information content (AvgIpc) is 2.45. The van der Waals surface area contributed by atoms with Crippen LogP contribution in [0, 0.1) is 0 Å². The molecule has 0 saturated carbocycles. The largest absolute Gasteiger partial charge is 0.354 e. The first-order chi connectivity index (χ1) is 9.27. The Kier molecular flexibility index (Phi) is 4.54. The molecule has 1 aromatic rings. The number of amides is 2. The molecule has 1 aliphatic heterocycles. The summed E-state index contributed by atoms with van der Waals surface area (Å²) in [6.07, 6.45) is 3.40. The van der Waals surface area contributed by atoms with E-state index in [0.717, 1.165) is 11.3 Å². The Hall–Kier alpha value is -1.85. The topological polar surface area (TPSA) is 50.8 Å². The highest BCUT2D eigenvalue weighted by Gasteiger charge is 2.28. The zero-order valence-electron chi connectivity index (χ0n) is 11.1. The molecule has 102 valence electrons. The van der Waals surface area contributed by atoms with Gasteiger partial charge >= 0.3 is 6.03 Å². The number of nitrogens with one attached hydrogen (secondary N) is 1. The summed E-state index contributed by atoms with van der Waals surface area (Å²) in [5, 5.41) is 0. The van der Waals surface area contributed by atoms with E-state index in [0.29, 0.717) is 13.2 Å². The number of rotatable bonds is 4. The second kappa shape index (κ2) is 6.36. The van der Waals surface area contributed by atoms with Crippen molar-refractivity contribution in [2.75, 3.05) is 18.1 Å². The average molecular weight is 262 g/mol. The summed E-state index contributed by atoms with van der Waals surface area (Å²) in [7, 11) is 0. The van der Waals surface area contributed by atoms with Crippen LogP contribution in [0.15, 0.2) is 30.3 Å². The van der Waals surface area contributed by atoms with Gasteiger partial charge in [0.25, 0.3) is 0 Å². The Bertz CT molecular complexity index is 474. The van der Waals surface area contributed by atoms with Crippen LogP contribution in [0.3, 0.4) is 0 Å². The van der Waals surface area contributed by atoms with Crippen LogP contribution in [-0.2, 0) is 9.57 Å². The quantitative estimate of drug-likeness (QED) is 0.848. The van der Waals surface area contributed by atoms with Crippen molar-refractivity contribution in [3.8, 4) is 0 Å². The van der Waals surface area contributed by atoms with Crippen molar-refractivity contribution in [3.63, 3.8) is 0 Å². The van der Waals surface area contributed by atoms with E-state index < -0.39 is 6.23 Å². The first-order valence-electron chi connectivity index (χ1n) is 6.37. The van der Waals surface area contributed by atoms with Crippen LogP contribution >= 0.6 is 0 Å². The summed E-state index contributed by atoms with van der Waals surface area (Å²) in [4.78, 5) is 18.7. The zero-order valence-corrected chi connectivity index (χ0v) is 11.1. The van der Waals surface area contributed by atoms with Gasteiger partial charge in [-0.1, -0.05) is 24.3 Å². The van der Waals surface area contributed by atoms with Crippen LogP contribution in [0.4, 0.5) is 10.5 Å². The Morgan fingerprint density at radius 3 is 2.84 bits per heavy atom. The number of benzene rings is 1. The molecule has 2 rings (SSSR count). The standard InChI is InChI=1S/C14H18N2O3/c1-3-18-13-10-9-11-7-5-6-8-12(11)16(13)14(17)15-19-4-2/h5-10,13H,3-4H2,1-2H3,(H,15,17). The molecule has 1 aromatic carbocycles. The first-order valence-corrected chi connectivity index (χ1v) is 6.37. The van der Waals surface area contributed by atoms with E-state index in [1.165, 1.54) is 0 Å². The second-order valence-electron chi connectivity index (χ2n) is 3.97. The summed E-state index contributed by atoms with van der Waals surface area (Å²) in [5.74, 6) is 0. The molecule has 0 bridgehead atoms. The summed E-state index contributed by atoms with van der Waals surface area (Å²) in [5.41, 5.74) is 4.19. The predicted octanol–water partition coefficient (Wildman–Crippen LogP) is 2.54. The van der Waals surface area contributed by atoms with Gasteiger partial charge in [0.05, 0.1) is 12.3 Å². The number of hydroxylamine groups is 1. The molecule has 1 heterocycles. The molecule has 2 amide bonds. The zero-order chi connectivity index (χ0) is 13.7. The maximum atomic E-state index is 12.2. The summed E-state index contributed by atoms with van der Waals surface area (Å²) in [6.45, 7) is 4.64. The first kappa shape index (κ1) is 13.6. The highest BCUT2D eigenvalue weighted by atomic mass is 16.7. The Morgan fingerprint density at radius 2 is 2.11 bits per heavy atom. The number of nitrogens with zero attached hydrogens (tertiary/aromatic N) is 1. The van der Waals surface area contributed by atoms with Gasteiger partial charge < -0.3 is 4.74 Å². The molecule has 0 aromatic heterocycles. The summed E-state index contributed by atoms with van der Waals surface area (Å²) < 4.78 is 5.58. The molecule has 0 saturated heterocycles. The number of carbonyl (C=O) groups excluding carboxylic acids is 1. The number of para-hydroxylation sites is 1. The van der Waals surface area contributed by atoms with Gasteiger partial charge in [0, 0.05) is 6.61 Å². The number of urea groups is 1. The molecule has 5 nitrogen and oxygen atoms in total. The third-order valence-corrected chi connectivity index (χ3v) is 2.75. The molecule has 1 unspecified atom stereocenters. The van der Waals surface area contributed by atoms with Crippen molar-refractivity contribution in [2.45, 2.75) is 20.1 Å². The van der Waals surface area contributed by atoms with Crippen molar-refractivity contribution in [1.29, 1.82) is 0 Å². The van der Waals surface area contributed by atoms with E-state index in [1.807, 2.05) is 50.3 Å². The molecular weight excluding hydrogens is 244 g/mol. The van der Waals surface area contributed by atoms with Crippen LogP contribution in [0.1, 0.15) is 19.4 Å². The number of ether oxygens (including phenoxy) is 1. The van der Waals surface area contributed by atoms with Crippen molar-refractivity contribution >= 4 is 17.8 Å². The maximum absolute atomic E-state index is 12.2. The third-order valence-electron chi connectivity index (χ3n) is 2.75. The van der Waals surface area contributed by atoms with Gasteiger partial charge in [0.15, 0.2) is 6.23 Å². The van der Waals surface area contributed by atoms with Crippen molar-refractivity contribution in [1.82, 2.24) is 5.48 Å². The minimum atomic E-state index is -0.416. The van der Waals surface area contributed by atoms with Gasteiger partial charge in [-0.05, 0) is 31.6 Å². The van der Waals surface area contributed by atoms with Gasteiger partial charge in [0.2, 0.25) is 0 Å². The molecule has 19 heavy (non-hydrogen) atoms. The normalized spacial score (nSPS) is 17.2. The Morgan fingerprint density at radius 1 is 1.32 bits per heavy atom. The lowest BCUT2D eigenvalue weighted by Gasteiger charge is -2.33. The van der Waals surface area contributed by atoms with E-state index in [9.17, 15) is 4.79 Å². The summed E-state index contributed by atoms with van der Waals surface area (Å²) >= 11 is 0.